The fourth-order valence-electron chi connectivity index (χ4n) is 2.13. The van der Waals surface area contributed by atoms with Crippen LogP contribution in [0.3, 0.4) is 0 Å². The van der Waals surface area contributed by atoms with Gasteiger partial charge in [0.1, 0.15) is 5.75 Å². The summed E-state index contributed by atoms with van der Waals surface area (Å²) in [6, 6.07) is 18.2. The Kier molecular flexibility index (Phi) is 7.14. The molecule has 0 saturated heterocycles. The van der Waals surface area contributed by atoms with E-state index in [0.29, 0.717) is 18.3 Å². The molecule has 0 amide bonds. The van der Waals surface area contributed by atoms with Crippen molar-refractivity contribution in [1.29, 1.82) is 0 Å². The fraction of sp³-hybridized carbons (Fsp3) is 0.211. The molecule has 0 aromatic heterocycles. The lowest BCUT2D eigenvalue weighted by atomic mass is 10.1. The predicted molar refractivity (Wildman–Crippen MR) is 101 cm³/mol. The average Bonchev–Trinajstić information content (AvgIpc) is 2.59. The number of para-hydroxylation sites is 2. The van der Waals surface area contributed by atoms with Crippen LogP contribution in [0.5, 0.6) is 5.75 Å². The van der Waals surface area contributed by atoms with E-state index in [4.69, 9.17) is 17.0 Å². The number of benzene rings is 2. The van der Waals surface area contributed by atoms with Crippen LogP contribution in [0.1, 0.15) is 12.0 Å². The number of rotatable bonds is 8. The van der Waals surface area contributed by atoms with Gasteiger partial charge in [0.05, 0.1) is 12.3 Å². The van der Waals surface area contributed by atoms with Gasteiger partial charge in [-0.2, -0.15) is 0 Å². The molecule has 120 valence electrons. The summed E-state index contributed by atoms with van der Waals surface area (Å²) in [7, 11) is 0. The normalized spacial score (nSPS) is 9.91. The van der Waals surface area contributed by atoms with Gasteiger partial charge >= 0.3 is 0 Å². The first kappa shape index (κ1) is 17.0. The Hall–Kier alpha value is -2.33. The van der Waals surface area contributed by atoms with E-state index in [0.717, 1.165) is 24.3 Å². The first-order valence-electron chi connectivity index (χ1n) is 7.71. The van der Waals surface area contributed by atoms with Crippen LogP contribution in [0.2, 0.25) is 0 Å². The number of anilines is 1. The van der Waals surface area contributed by atoms with Gasteiger partial charge in [0.25, 0.3) is 0 Å². The van der Waals surface area contributed by atoms with E-state index in [-0.39, 0.29) is 0 Å². The summed E-state index contributed by atoms with van der Waals surface area (Å²) in [5.41, 5.74) is 2.20. The lowest BCUT2D eigenvalue weighted by molar-refractivity contribution is 0.312. The monoisotopic (exact) mass is 326 g/mol. The molecule has 0 saturated carbocycles. The number of hydrogen-bond acceptors (Lipinski definition) is 2. The molecule has 0 aliphatic carbocycles. The Bertz CT molecular complexity index is 628. The highest BCUT2D eigenvalue weighted by Crippen LogP contribution is 2.23. The van der Waals surface area contributed by atoms with E-state index in [1.54, 1.807) is 6.08 Å². The molecular weight excluding hydrogens is 304 g/mol. The summed E-state index contributed by atoms with van der Waals surface area (Å²) < 4.78 is 5.89. The summed E-state index contributed by atoms with van der Waals surface area (Å²) in [6.07, 6.45) is 3.74. The minimum atomic E-state index is 0.560. The molecule has 0 unspecified atom stereocenters. The summed E-state index contributed by atoms with van der Waals surface area (Å²) in [6.45, 7) is 4.96. The van der Waals surface area contributed by atoms with Crippen molar-refractivity contribution in [3.63, 3.8) is 0 Å². The zero-order chi connectivity index (χ0) is 16.3. The molecule has 0 bridgehead atoms. The molecule has 0 heterocycles. The molecule has 2 N–H and O–H groups in total. The second kappa shape index (κ2) is 9.64. The quantitative estimate of drug-likeness (QED) is 0.433. The van der Waals surface area contributed by atoms with Crippen LogP contribution in [0.4, 0.5) is 5.69 Å². The van der Waals surface area contributed by atoms with Crippen molar-refractivity contribution in [3.05, 3.63) is 72.8 Å². The van der Waals surface area contributed by atoms with Crippen LogP contribution in [0.15, 0.2) is 67.3 Å². The van der Waals surface area contributed by atoms with Gasteiger partial charge in [-0.1, -0.05) is 48.5 Å². The van der Waals surface area contributed by atoms with Crippen LogP contribution >= 0.6 is 12.2 Å². The highest BCUT2D eigenvalue weighted by atomic mass is 32.1. The van der Waals surface area contributed by atoms with Gasteiger partial charge in [0.2, 0.25) is 0 Å². The van der Waals surface area contributed by atoms with Crippen molar-refractivity contribution in [2.45, 2.75) is 12.8 Å². The lowest BCUT2D eigenvalue weighted by Crippen LogP contribution is -2.28. The standard InChI is InChI=1S/C19H22N2OS/c1-2-14-20-19(23)21-17-12-6-7-13-18(17)22-15-8-11-16-9-4-3-5-10-16/h2-7,9-10,12-13H,1,8,11,14-15H2,(H2,20,21,23). The van der Waals surface area contributed by atoms with Crippen molar-refractivity contribution < 1.29 is 4.74 Å². The SMILES string of the molecule is C=CCNC(=S)Nc1ccccc1OCCCc1ccccc1. The topological polar surface area (TPSA) is 33.3 Å². The Morgan fingerprint density at radius 2 is 1.83 bits per heavy atom. The van der Waals surface area contributed by atoms with E-state index in [2.05, 4.69) is 41.5 Å². The van der Waals surface area contributed by atoms with E-state index in [1.807, 2.05) is 30.3 Å². The van der Waals surface area contributed by atoms with Gasteiger partial charge in [-0.3, -0.25) is 0 Å². The predicted octanol–water partition coefficient (Wildman–Crippen LogP) is 4.17. The highest BCUT2D eigenvalue weighted by Gasteiger charge is 2.04. The Balaban J connectivity index is 1.82. The Labute approximate surface area is 143 Å². The minimum Gasteiger partial charge on any atom is -0.491 e. The fourth-order valence-corrected chi connectivity index (χ4v) is 2.32. The van der Waals surface area contributed by atoms with Gasteiger partial charge in [0.15, 0.2) is 5.11 Å². The Morgan fingerprint density at radius 1 is 1.09 bits per heavy atom. The van der Waals surface area contributed by atoms with Crippen LogP contribution in [0, 0.1) is 0 Å². The molecule has 0 spiro atoms. The molecule has 2 aromatic carbocycles. The van der Waals surface area contributed by atoms with Crippen molar-refractivity contribution >= 4 is 23.0 Å². The second-order valence-electron chi connectivity index (χ2n) is 5.06. The molecule has 4 heteroatoms. The van der Waals surface area contributed by atoms with Gasteiger partial charge in [-0.25, -0.2) is 0 Å². The third-order valence-corrected chi connectivity index (χ3v) is 3.50. The van der Waals surface area contributed by atoms with Crippen molar-refractivity contribution in [2.24, 2.45) is 0 Å². The molecule has 0 fully saturated rings. The van der Waals surface area contributed by atoms with Crippen LogP contribution in [-0.4, -0.2) is 18.3 Å². The molecule has 0 atom stereocenters. The van der Waals surface area contributed by atoms with Crippen LogP contribution in [0.25, 0.3) is 0 Å². The third kappa shape index (κ3) is 6.12. The molecule has 0 aliphatic heterocycles. The number of ether oxygens (including phenoxy) is 1. The number of hydrogen-bond donors (Lipinski definition) is 2. The van der Waals surface area contributed by atoms with Crippen molar-refractivity contribution in [1.82, 2.24) is 5.32 Å². The van der Waals surface area contributed by atoms with E-state index in [9.17, 15) is 0 Å². The largest absolute Gasteiger partial charge is 0.491 e. The highest BCUT2D eigenvalue weighted by molar-refractivity contribution is 7.80. The summed E-state index contributed by atoms with van der Waals surface area (Å²) in [4.78, 5) is 0. The zero-order valence-corrected chi connectivity index (χ0v) is 13.9. The van der Waals surface area contributed by atoms with Crippen molar-refractivity contribution in [2.75, 3.05) is 18.5 Å². The maximum Gasteiger partial charge on any atom is 0.171 e. The summed E-state index contributed by atoms with van der Waals surface area (Å²) in [5, 5.41) is 6.76. The molecular formula is C19H22N2OS. The molecule has 23 heavy (non-hydrogen) atoms. The number of nitrogens with one attached hydrogen (secondary N) is 2. The molecule has 0 radical (unpaired) electrons. The molecule has 2 rings (SSSR count). The van der Waals surface area contributed by atoms with Gasteiger partial charge < -0.3 is 15.4 Å². The Morgan fingerprint density at radius 3 is 2.61 bits per heavy atom. The molecule has 0 aliphatic rings. The van der Waals surface area contributed by atoms with E-state index < -0.39 is 0 Å². The first-order valence-corrected chi connectivity index (χ1v) is 8.12. The number of aryl methyl sites for hydroxylation is 1. The van der Waals surface area contributed by atoms with Gasteiger partial charge in [0, 0.05) is 6.54 Å². The second-order valence-corrected chi connectivity index (χ2v) is 5.47. The average molecular weight is 326 g/mol. The van der Waals surface area contributed by atoms with Crippen molar-refractivity contribution in [3.8, 4) is 5.75 Å². The lowest BCUT2D eigenvalue weighted by Gasteiger charge is -2.14. The van der Waals surface area contributed by atoms with E-state index >= 15 is 0 Å². The minimum absolute atomic E-state index is 0.560. The van der Waals surface area contributed by atoms with E-state index in [1.165, 1.54) is 5.56 Å². The smallest absolute Gasteiger partial charge is 0.171 e. The van der Waals surface area contributed by atoms with Crippen LogP contribution < -0.4 is 15.4 Å². The van der Waals surface area contributed by atoms with Crippen LogP contribution in [-0.2, 0) is 6.42 Å². The molecule has 2 aromatic rings. The number of thiocarbonyl (C=S) groups is 1. The first-order chi connectivity index (χ1) is 11.3. The van der Waals surface area contributed by atoms with Gasteiger partial charge in [-0.15, -0.1) is 6.58 Å². The van der Waals surface area contributed by atoms with Gasteiger partial charge in [-0.05, 0) is 42.8 Å². The maximum absolute atomic E-state index is 5.89. The maximum atomic E-state index is 5.89. The third-order valence-electron chi connectivity index (χ3n) is 3.25. The summed E-state index contributed by atoms with van der Waals surface area (Å²) in [5.74, 6) is 0.809. The zero-order valence-electron chi connectivity index (χ0n) is 13.1. The molecule has 3 nitrogen and oxygen atoms in total. The summed E-state index contributed by atoms with van der Waals surface area (Å²) >= 11 is 5.23.